The lowest BCUT2D eigenvalue weighted by molar-refractivity contribution is 1.24. The van der Waals surface area contributed by atoms with Gasteiger partial charge in [-0.3, -0.25) is 4.79 Å². The monoisotopic (exact) mass is 323 g/mol. The Bertz CT molecular complexity index is 972. The van der Waals surface area contributed by atoms with Gasteiger partial charge in [0.2, 0.25) is 5.56 Å². The van der Waals surface area contributed by atoms with Crippen LogP contribution < -0.4 is 5.56 Å². The van der Waals surface area contributed by atoms with Crippen molar-refractivity contribution < 1.29 is 0 Å². The van der Waals surface area contributed by atoms with E-state index in [1.54, 1.807) is 6.07 Å². The quantitative estimate of drug-likeness (QED) is 0.540. The molecule has 0 amide bonds. The number of H-pyrrole nitrogens is 1. The van der Waals surface area contributed by atoms with E-state index >= 15 is 0 Å². The molecule has 0 atom stereocenters. The highest BCUT2D eigenvalue weighted by Gasteiger charge is 2.15. The van der Waals surface area contributed by atoms with Crippen LogP contribution in [0.2, 0.25) is 0 Å². The molecule has 0 saturated carbocycles. The molecular weight excluding hydrogens is 306 g/mol. The van der Waals surface area contributed by atoms with Crippen molar-refractivity contribution in [1.82, 2.24) is 4.98 Å². The average molecular weight is 323 g/mol. The lowest BCUT2D eigenvalue weighted by Gasteiger charge is -2.15. The maximum absolute atomic E-state index is 12.4. The molecule has 3 aromatic carbocycles. The first-order valence-corrected chi connectivity index (χ1v) is 8.26. The van der Waals surface area contributed by atoms with Crippen molar-refractivity contribution in [2.24, 2.45) is 0 Å². The predicted molar refractivity (Wildman–Crippen MR) is 103 cm³/mol. The topological polar surface area (TPSA) is 32.9 Å². The van der Waals surface area contributed by atoms with E-state index in [0.717, 1.165) is 33.5 Å². The van der Waals surface area contributed by atoms with Crippen LogP contribution in [0.3, 0.4) is 0 Å². The van der Waals surface area contributed by atoms with Crippen molar-refractivity contribution in [3.63, 3.8) is 0 Å². The molecule has 2 nitrogen and oxygen atoms in total. The van der Waals surface area contributed by atoms with Gasteiger partial charge in [0.1, 0.15) is 0 Å². The van der Waals surface area contributed by atoms with Crippen molar-refractivity contribution >= 4 is 0 Å². The van der Waals surface area contributed by atoms with Gasteiger partial charge in [0.05, 0.1) is 5.69 Å². The van der Waals surface area contributed by atoms with Crippen LogP contribution in [-0.2, 0) is 0 Å². The second-order valence-electron chi connectivity index (χ2n) is 5.90. The molecule has 0 aliphatic rings. The maximum atomic E-state index is 12.4. The molecule has 4 rings (SSSR count). The van der Waals surface area contributed by atoms with Crippen LogP contribution in [-0.4, -0.2) is 4.98 Å². The smallest absolute Gasteiger partial charge is 0.249 e. The Morgan fingerprint density at radius 1 is 0.560 bits per heavy atom. The molecule has 120 valence electrons. The van der Waals surface area contributed by atoms with Gasteiger partial charge in [0.15, 0.2) is 0 Å². The van der Waals surface area contributed by atoms with Crippen molar-refractivity contribution in [2.45, 2.75) is 0 Å². The summed E-state index contributed by atoms with van der Waals surface area (Å²) in [4.78, 5) is 15.4. The zero-order valence-corrected chi connectivity index (χ0v) is 13.6. The molecule has 0 aliphatic carbocycles. The third kappa shape index (κ3) is 3.02. The lowest BCUT2D eigenvalue weighted by Crippen LogP contribution is -2.08. The number of benzene rings is 3. The maximum Gasteiger partial charge on any atom is 0.249 e. The molecule has 1 N–H and O–H groups in total. The summed E-state index contributed by atoms with van der Waals surface area (Å²) in [6, 6.07) is 31.9. The average Bonchev–Trinajstić information content (AvgIpc) is 2.69. The Morgan fingerprint density at radius 2 is 1.04 bits per heavy atom. The minimum Gasteiger partial charge on any atom is -0.321 e. The number of hydrogen-bond acceptors (Lipinski definition) is 1. The Balaban J connectivity index is 2.09. The van der Waals surface area contributed by atoms with Crippen LogP contribution in [0.4, 0.5) is 0 Å². The number of hydrogen-bond donors (Lipinski definition) is 1. The van der Waals surface area contributed by atoms with E-state index in [0.29, 0.717) is 0 Å². The third-order valence-corrected chi connectivity index (χ3v) is 4.25. The third-order valence-electron chi connectivity index (χ3n) is 4.25. The van der Waals surface area contributed by atoms with Crippen LogP contribution in [0.1, 0.15) is 0 Å². The Morgan fingerprint density at radius 3 is 1.60 bits per heavy atom. The fourth-order valence-electron chi connectivity index (χ4n) is 3.13. The summed E-state index contributed by atoms with van der Waals surface area (Å²) >= 11 is 0. The van der Waals surface area contributed by atoms with Crippen LogP contribution in [0.5, 0.6) is 0 Å². The van der Waals surface area contributed by atoms with Gasteiger partial charge in [-0.15, -0.1) is 0 Å². The Labute approximate surface area is 146 Å². The van der Waals surface area contributed by atoms with Gasteiger partial charge in [-0.1, -0.05) is 91.0 Å². The van der Waals surface area contributed by atoms with Crippen molar-refractivity contribution in [2.75, 3.05) is 0 Å². The molecule has 0 radical (unpaired) electrons. The zero-order chi connectivity index (χ0) is 17.1. The van der Waals surface area contributed by atoms with Gasteiger partial charge < -0.3 is 4.98 Å². The molecule has 0 spiro atoms. The first kappa shape index (κ1) is 15.2. The van der Waals surface area contributed by atoms with E-state index in [1.807, 2.05) is 78.9 Å². The Hall–Kier alpha value is -3.39. The molecule has 0 fully saturated rings. The summed E-state index contributed by atoms with van der Waals surface area (Å²) in [7, 11) is 0. The molecule has 0 bridgehead atoms. The fourth-order valence-corrected chi connectivity index (χ4v) is 3.13. The predicted octanol–water partition coefficient (Wildman–Crippen LogP) is 5.38. The molecule has 0 aliphatic heterocycles. The van der Waals surface area contributed by atoms with E-state index in [1.165, 1.54) is 0 Å². The molecule has 0 unspecified atom stereocenters. The summed E-state index contributed by atoms with van der Waals surface area (Å²) in [5, 5.41) is 0. The van der Waals surface area contributed by atoms with Crippen LogP contribution in [0.25, 0.3) is 33.5 Å². The SMILES string of the molecule is O=c1cc(-c2ccccc2)c(-c2ccccc2)c(-c2ccccc2)[nH]1. The first-order chi connectivity index (χ1) is 12.3. The molecule has 2 heteroatoms. The van der Waals surface area contributed by atoms with Gasteiger partial charge in [-0.2, -0.15) is 0 Å². The molecule has 1 heterocycles. The van der Waals surface area contributed by atoms with Crippen LogP contribution >= 0.6 is 0 Å². The fraction of sp³-hybridized carbons (Fsp3) is 0. The summed E-state index contributed by atoms with van der Waals surface area (Å²) in [6.45, 7) is 0. The summed E-state index contributed by atoms with van der Waals surface area (Å²) in [5.41, 5.74) is 5.83. The zero-order valence-electron chi connectivity index (χ0n) is 13.6. The van der Waals surface area contributed by atoms with E-state index < -0.39 is 0 Å². The molecular formula is C23H17NO. The van der Waals surface area contributed by atoms with Crippen molar-refractivity contribution in [3.05, 3.63) is 107 Å². The minimum atomic E-state index is -0.0996. The van der Waals surface area contributed by atoms with Gasteiger partial charge in [-0.05, 0) is 22.3 Å². The summed E-state index contributed by atoms with van der Waals surface area (Å²) in [6.07, 6.45) is 0. The standard InChI is InChI=1S/C23H17NO/c25-21-16-20(17-10-4-1-5-11-17)22(18-12-6-2-7-13-18)23(24-21)19-14-8-3-9-15-19/h1-16H,(H,24,25). The molecule has 4 aromatic rings. The number of aromatic nitrogens is 1. The van der Waals surface area contributed by atoms with Gasteiger partial charge in [0, 0.05) is 11.6 Å². The first-order valence-electron chi connectivity index (χ1n) is 8.26. The summed E-state index contributed by atoms with van der Waals surface area (Å²) in [5.74, 6) is 0. The molecule has 25 heavy (non-hydrogen) atoms. The largest absolute Gasteiger partial charge is 0.321 e. The van der Waals surface area contributed by atoms with E-state index in [2.05, 4.69) is 17.1 Å². The number of nitrogens with one attached hydrogen (secondary N) is 1. The molecule has 1 aromatic heterocycles. The van der Waals surface area contributed by atoms with E-state index in [4.69, 9.17) is 0 Å². The van der Waals surface area contributed by atoms with Gasteiger partial charge in [0.25, 0.3) is 0 Å². The van der Waals surface area contributed by atoms with Gasteiger partial charge >= 0.3 is 0 Å². The van der Waals surface area contributed by atoms with Crippen molar-refractivity contribution in [3.8, 4) is 33.5 Å². The second kappa shape index (κ2) is 6.62. The second-order valence-corrected chi connectivity index (χ2v) is 5.90. The van der Waals surface area contributed by atoms with Gasteiger partial charge in [-0.25, -0.2) is 0 Å². The normalized spacial score (nSPS) is 10.6. The number of pyridine rings is 1. The minimum absolute atomic E-state index is 0.0996. The van der Waals surface area contributed by atoms with Crippen LogP contribution in [0, 0.1) is 0 Å². The highest BCUT2D eigenvalue weighted by molar-refractivity contribution is 5.92. The number of rotatable bonds is 3. The van der Waals surface area contributed by atoms with Crippen LogP contribution in [0.15, 0.2) is 102 Å². The van der Waals surface area contributed by atoms with E-state index in [9.17, 15) is 4.79 Å². The lowest BCUT2D eigenvalue weighted by atomic mass is 9.91. The van der Waals surface area contributed by atoms with E-state index in [-0.39, 0.29) is 5.56 Å². The molecule has 0 saturated heterocycles. The number of aromatic amines is 1. The Kier molecular flexibility index (Phi) is 4.01. The van der Waals surface area contributed by atoms with Crippen molar-refractivity contribution in [1.29, 1.82) is 0 Å². The highest BCUT2D eigenvalue weighted by atomic mass is 16.1. The highest BCUT2D eigenvalue weighted by Crippen LogP contribution is 2.37. The summed E-state index contributed by atoms with van der Waals surface area (Å²) < 4.78 is 0.